The van der Waals surface area contributed by atoms with Crippen LogP contribution in [0.5, 0.6) is 0 Å². The molecule has 0 aliphatic carbocycles. The number of carbonyl (C=O) groups excluding carboxylic acids is 2. The van der Waals surface area contributed by atoms with Gasteiger partial charge in [-0.15, -0.1) is 0 Å². The molecule has 0 aromatic heterocycles. The van der Waals surface area contributed by atoms with Gasteiger partial charge in [0.15, 0.2) is 0 Å². The molecule has 3 unspecified atom stereocenters. The standard InChI is InChI=1S/C9H16O2/c1-6(5-10)7(2)8(3)9(4)11/h5-8H,1-4H3. The van der Waals surface area contributed by atoms with Crippen LogP contribution in [0, 0.1) is 17.8 Å². The van der Waals surface area contributed by atoms with Crippen LogP contribution in [-0.4, -0.2) is 12.1 Å². The molecule has 0 spiro atoms. The zero-order chi connectivity index (χ0) is 9.02. The van der Waals surface area contributed by atoms with Crippen LogP contribution in [0.1, 0.15) is 27.7 Å². The topological polar surface area (TPSA) is 34.1 Å². The largest absolute Gasteiger partial charge is 0.303 e. The van der Waals surface area contributed by atoms with Gasteiger partial charge in [0.05, 0.1) is 0 Å². The van der Waals surface area contributed by atoms with Crippen molar-refractivity contribution in [2.75, 3.05) is 0 Å². The van der Waals surface area contributed by atoms with Gasteiger partial charge in [-0.05, 0) is 12.8 Å². The predicted octanol–water partition coefficient (Wildman–Crippen LogP) is 1.68. The SMILES string of the molecule is CC(=O)C(C)C(C)C(C)C=O. The quantitative estimate of drug-likeness (QED) is 0.580. The summed E-state index contributed by atoms with van der Waals surface area (Å²) in [5.74, 6) is 0.292. The first-order valence-electron chi connectivity index (χ1n) is 3.96. The zero-order valence-corrected chi connectivity index (χ0v) is 7.63. The molecule has 2 heteroatoms. The average Bonchev–Trinajstić information content (AvgIpc) is 2.00. The number of Topliss-reactive ketones (excluding diaryl/α,β-unsaturated/α-hetero) is 1. The summed E-state index contributed by atoms with van der Waals surface area (Å²) >= 11 is 0. The lowest BCUT2D eigenvalue weighted by molar-refractivity contribution is -0.122. The van der Waals surface area contributed by atoms with Gasteiger partial charge in [0.2, 0.25) is 0 Å². The molecule has 11 heavy (non-hydrogen) atoms. The molecule has 0 aromatic carbocycles. The van der Waals surface area contributed by atoms with E-state index in [4.69, 9.17) is 0 Å². The minimum atomic E-state index is -0.0195. The molecule has 0 saturated heterocycles. The van der Waals surface area contributed by atoms with Gasteiger partial charge in [-0.3, -0.25) is 4.79 Å². The molecule has 0 fully saturated rings. The highest BCUT2D eigenvalue weighted by molar-refractivity contribution is 5.78. The lowest BCUT2D eigenvalue weighted by atomic mass is 9.84. The van der Waals surface area contributed by atoms with Crippen molar-refractivity contribution >= 4 is 12.1 Å². The van der Waals surface area contributed by atoms with Gasteiger partial charge < -0.3 is 4.79 Å². The molecule has 3 atom stereocenters. The van der Waals surface area contributed by atoms with Crippen LogP contribution in [0.3, 0.4) is 0 Å². The van der Waals surface area contributed by atoms with Crippen LogP contribution >= 0.6 is 0 Å². The molecule has 0 aliphatic rings. The van der Waals surface area contributed by atoms with Crippen molar-refractivity contribution in [3.05, 3.63) is 0 Å². The Hall–Kier alpha value is -0.660. The van der Waals surface area contributed by atoms with Gasteiger partial charge in [-0.25, -0.2) is 0 Å². The molecule has 0 heterocycles. The van der Waals surface area contributed by atoms with E-state index in [1.165, 1.54) is 0 Å². The monoisotopic (exact) mass is 156 g/mol. The summed E-state index contributed by atoms with van der Waals surface area (Å²) in [7, 11) is 0. The van der Waals surface area contributed by atoms with E-state index in [-0.39, 0.29) is 23.5 Å². The summed E-state index contributed by atoms with van der Waals surface area (Å²) in [5, 5.41) is 0. The summed E-state index contributed by atoms with van der Waals surface area (Å²) in [4.78, 5) is 21.3. The van der Waals surface area contributed by atoms with Crippen molar-refractivity contribution in [2.45, 2.75) is 27.7 Å². The molecule has 0 amide bonds. The highest BCUT2D eigenvalue weighted by atomic mass is 16.1. The molecular formula is C9H16O2. The maximum Gasteiger partial charge on any atom is 0.132 e. The minimum Gasteiger partial charge on any atom is -0.303 e. The van der Waals surface area contributed by atoms with Gasteiger partial charge in [0.1, 0.15) is 12.1 Å². The highest BCUT2D eigenvalue weighted by Gasteiger charge is 2.21. The minimum absolute atomic E-state index is 0.00444. The number of ketones is 1. The van der Waals surface area contributed by atoms with Crippen molar-refractivity contribution in [3.8, 4) is 0 Å². The van der Waals surface area contributed by atoms with Crippen molar-refractivity contribution in [2.24, 2.45) is 17.8 Å². The molecule has 0 saturated carbocycles. The van der Waals surface area contributed by atoms with Crippen LogP contribution < -0.4 is 0 Å². The van der Waals surface area contributed by atoms with Crippen molar-refractivity contribution in [1.29, 1.82) is 0 Å². The van der Waals surface area contributed by atoms with E-state index in [1.54, 1.807) is 6.92 Å². The van der Waals surface area contributed by atoms with Gasteiger partial charge in [-0.1, -0.05) is 20.8 Å². The van der Waals surface area contributed by atoms with Gasteiger partial charge in [0, 0.05) is 11.8 Å². The smallest absolute Gasteiger partial charge is 0.132 e. The Bertz CT molecular complexity index is 152. The number of rotatable bonds is 4. The normalized spacial score (nSPS) is 18.5. The first-order valence-corrected chi connectivity index (χ1v) is 3.96. The van der Waals surface area contributed by atoms with E-state index in [9.17, 15) is 9.59 Å². The third-order valence-corrected chi connectivity index (χ3v) is 2.47. The number of hydrogen-bond donors (Lipinski definition) is 0. The first kappa shape index (κ1) is 10.3. The molecule has 64 valence electrons. The van der Waals surface area contributed by atoms with E-state index >= 15 is 0 Å². The molecule has 0 aliphatic heterocycles. The lowest BCUT2D eigenvalue weighted by Crippen LogP contribution is -2.22. The maximum atomic E-state index is 10.9. The van der Waals surface area contributed by atoms with Crippen molar-refractivity contribution in [1.82, 2.24) is 0 Å². The first-order chi connectivity index (χ1) is 5.00. The van der Waals surface area contributed by atoms with Crippen LogP contribution in [0.15, 0.2) is 0 Å². The van der Waals surface area contributed by atoms with Gasteiger partial charge >= 0.3 is 0 Å². The fourth-order valence-electron chi connectivity index (χ4n) is 0.949. The van der Waals surface area contributed by atoms with Gasteiger partial charge in [-0.2, -0.15) is 0 Å². The van der Waals surface area contributed by atoms with Crippen LogP contribution in [0.2, 0.25) is 0 Å². The Morgan fingerprint density at radius 2 is 1.73 bits per heavy atom. The third kappa shape index (κ3) is 2.83. The van der Waals surface area contributed by atoms with Crippen LogP contribution in [0.4, 0.5) is 0 Å². The lowest BCUT2D eigenvalue weighted by Gasteiger charge is -2.19. The van der Waals surface area contributed by atoms with Crippen LogP contribution in [0.25, 0.3) is 0 Å². The van der Waals surface area contributed by atoms with E-state index in [2.05, 4.69) is 0 Å². The van der Waals surface area contributed by atoms with Gasteiger partial charge in [0.25, 0.3) is 0 Å². The number of aldehydes is 1. The average molecular weight is 156 g/mol. The Balaban J connectivity index is 4.11. The Labute approximate surface area is 68.0 Å². The number of carbonyl (C=O) groups is 2. The maximum absolute atomic E-state index is 10.9. The Morgan fingerprint density at radius 1 is 1.27 bits per heavy atom. The Kier molecular flexibility index (Phi) is 4.01. The van der Waals surface area contributed by atoms with Crippen molar-refractivity contribution < 1.29 is 9.59 Å². The van der Waals surface area contributed by atoms with E-state index in [1.807, 2.05) is 20.8 Å². The van der Waals surface area contributed by atoms with Crippen LogP contribution in [-0.2, 0) is 9.59 Å². The zero-order valence-electron chi connectivity index (χ0n) is 7.63. The fraction of sp³-hybridized carbons (Fsp3) is 0.778. The molecule has 0 aromatic rings. The highest BCUT2D eigenvalue weighted by Crippen LogP contribution is 2.19. The second-order valence-electron chi connectivity index (χ2n) is 3.25. The fourth-order valence-corrected chi connectivity index (χ4v) is 0.949. The number of hydrogen-bond acceptors (Lipinski definition) is 2. The molecule has 0 radical (unpaired) electrons. The predicted molar refractivity (Wildman–Crippen MR) is 44.2 cm³/mol. The van der Waals surface area contributed by atoms with E-state index < -0.39 is 0 Å². The molecule has 0 bridgehead atoms. The van der Waals surface area contributed by atoms with E-state index in [0.717, 1.165) is 6.29 Å². The summed E-state index contributed by atoms with van der Waals surface area (Å²) in [6.07, 6.45) is 0.907. The van der Waals surface area contributed by atoms with Crippen molar-refractivity contribution in [3.63, 3.8) is 0 Å². The third-order valence-electron chi connectivity index (χ3n) is 2.47. The summed E-state index contributed by atoms with van der Waals surface area (Å²) in [6.45, 7) is 7.22. The molecule has 2 nitrogen and oxygen atoms in total. The summed E-state index contributed by atoms with van der Waals surface area (Å²) < 4.78 is 0. The van der Waals surface area contributed by atoms with E-state index in [0.29, 0.717) is 0 Å². The second kappa shape index (κ2) is 4.27. The molecule has 0 N–H and O–H groups in total. The molecular weight excluding hydrogens is 140 g/mol. The molecule has 0 rings (SSSR count). The Morgan fingerprint density at radius 3 is 2.00 bits per heavy atom. The summed E-state index contributed by atoms with van der Waals surface area (Å²) in [6, 6.07) is 0. The second-order valence-corrected chi connectivity index (χ2v) is 3.25. The summed E-state index contributed by atoms with van der Waals surface area (Å²) in [5.41, 5.74) is 0.